The van der Waals surface area contributed by atoms with Crippen molar-refractivity contribution >= 4 is 0 Å². The van der Waals surface area contributed by atoms with E-state index in [0.29, 0.717) is 5.82 Å². The van der Waals surface area contributed by atoms with Gasteiger partial charge in [-0.3, -0.25) is 0 Å². The molecule has 0 aliphatic rings. The SMILES string of the molecule is COc1ccccc1-c1c[nH]c(-c2ccc(F)cc2)n1. The number of nitrogens with zero attached hydrogens (tertiary/aromatic N) is 1. The molecule has 0 radical (unpaired) electrons. The maximum absolute atomic E-state index is 12.9. The van der Waals surface area contributed by atoms with Crippen LogP contribution in [0.15, 0.2) is 54.7 Å². The van der Waals surface area contributed by atoms with Gasteiger partial charge in [0, 0.05) is 17.3 Å². The number of rotatable bonds is 3. The summed E-state index contributed by atoms with van der Waals surface area (Å²) >= 11 is 0. The molecule has 1 N–H and O–H groups in total. The van der Waals surface area contributed by atoms with Gasteiger partial charge in [0.1, 0.15) is 17.4 Å². The van der Waals surface area contributed by atoms with Gasteiger partial charge in [-0.2, -0.15) is 0 Å². The van der Waals surface area contributed by atoms with Crippen molar-refractivity contribution in [3.8, 4) is 28.4 Å². The summed E-state index contributed by atoms with van der Waals surface area (Å²) in [6.07, 6.45) is 1.82. The van der Waals surface area contributed by atoms with Crippen LogP contribution in [0.2, 0.25) is 0 Å². The summed E-state index contributed by atoms with van der Waals surface area (Å²) < 4.78 is 18.3. The van der Waals surface area contributed by atoms with Crippen molar-refractivity contribution in [2.24, 2.45) is 0 Å². The zero-order valence-electron chi connectivity index (χ0n) is 10.9. The van der Waals surface area contributed by atoms with Gasteiger partial charge in [0.15, 0.2) is 0 Å². The van der Waals surface area contributed by atoms with Crippen molar-refractivity contribution in [2.45, 2.75) is 0 Å². The normalized spacial score (nSPS) is 10.5. The second-order valence-electron chi connectivity index (χ2n) is 4.34. The molecule has 3 aromatic rings. The standard InChI is InChI=1S/C16H13FN2O/c1-20-15-5-3-2-4-13(15)14-10-18-16(19-14)11-6-8-12(17)9-7-11/h2-10H,1H3,(H,18,19). The Morgan fingerprint density at radius 1 is 1.05 bits per heavy atom. The van der Waals surface area contributed by atoms with Gasteiger partial charge in [-0.15, -0.1) is 0 Å². The van der Waals surface area contributed by atoms with Gasteiger partial charge < -0.3 is 9.72 Å². The van der Waals surface area contributed by atoms with E-state index in [9.17, 15) is 4.39 Å². The molecule has 0 amide bonds. The first-order chi connectivity index (χ1) is 9.78. The Kier molecular flexibility index (Phi) is 3.21. The fourth-order valence-electron chi connectivity index (χ4n) is 2.07. The lowest BCUT2D eigenvalue weighted by atomic mass is 10.1. The second kappa shape index (κ2) is 5.17. The maximum atomic E-state index is 12.9. The minimum Gasteiger partial charge on any atom is -0.496 e. The number of hydrogen-bond acceptors (Lipinski definition) is 2. The van der Waals surface area contributed by atoms with E-state index in [0.717, 1.165) is 22.6 Å². The van der Waals surface area contributed by atoms with Crippen LogP contribution in [-0.2, 0) is 0 Å². The molecule has 0 aliphatic heterocycles. The number of benzene rings is 2. The van der Waals surface area contributed by atoms with E-state index in [2.05, 4.69) is 9.97 Å². The third kappa shape index (κ3) is 2.28. The average molecular weight is 268 g/mol. The first-order valence-corrected chi connectivity index (χ1v) is 6.22. The molecule has 0 bridgehead atoms. The Morgan fingerprint density at radius 2 is 1.80 bits per heavy atom. The zero-order valence-corrected chi connectivity index (χ0v) is 10.9. The number of H-pyrrole nitrogens is 1. The Balaban J connectivity index is 2.00. The lowest BCUT2D eigenvalue weighted by Crippen LogP contribution is -1.87. The Morgan fingerprint density at radius 3 is 2.55 bits per heavy atom. The van der Waals surface area contributed by atoms with Gasteiger partial charge in [-0.05, 0) is 36.4 Å². The lowest BCUT2D eigenvalue weighted by molar-refractivity contribution is 0.416. The average Bonchev–Trinajstić information content (AvgIpc) is 2.97. The first kappa shape index (κ1) is 12.4. The van der Waals surface area contributed by atoms with Crippen LogP contribution in [0.3, 0.4) is 0 Å². The predicted molar refractivity (Wildman–Crippen MR) is 76.0 cm³/mol. The van der Waals surface area contributed by atoms with Gasteiger partial charge in [-0.25, -0.2) is 9.37 Å². The predicted octanol–water partition coefficient (Wildman–Crippen LogP) is 3.89. The first-order valence-electron chi connectivity index (χ1n) is 6.22. The summed E-state index contributed by atoms with van der Waals surface area (Å²) in [5.74, 6) is 1.21. The van der Waals surface area contributed by atoms with Crippen molar-refractivity contribution in [2.75, 3.05) is 7.11 Å². The Labute approximate surface area is 116 Å². The molecule has 4 heteroatoms. The van der Waals surface area contributed by atoms with Crippen LogP contribution >= 0.6 is 0 Å². The second-order valence-corrected chi connectivity index (χ2v) is 4.34. The van der Waals surface area contributed by atoms with Crippen LogP contribution in [0.5, 0.6) is 5.75 Å². The van der Waals surface area contributed by atoms with Crippen molar-refractivity contribution < 1.29 is 9.13 Å². The van der Waals surface area contributed by atoms with E-state index in [4.69, 9.17) is 4.74 Å². The molecule has 100 valence electrons. The van der Waals surface area contributed by atoms with E-state index < -0.39 is 0 Å². The summed E-state index contributed by atoms with van der Waals surface area (Å²) in [5, 5.41) is 0. The molecule has 0 spiro atoms. The van der Waals surface area contributed by atoms with Crippen LogP contribution in [0.1, 0.15) is 0 Å². The van der Waals surface area contributed by atoms with Gasteiger partial charge in [0.25, 0.3) is 0 Å². The van der Waals surface area contributed by atoms with E-state index in [-0.39, 0.29) is 5.82 Å². The molecule has 1 aromatic heterocycles. The van der Waals surface area contributed by atoms with Crippen molar-refractivity contribution in [1.82, 2.24) is 9.97 Å². The van der Waals surface area contributed by atoms with Gasteiger partial charge in [-0.1, -0.05) is 12.1 Å². The summed E-state index contributed by atoms with van der Waals surface area (Å²) in [6.45, 7) is 0. The van der Waals surface area contributed by atoms with Crippen LogP contribution in [-0.4, -0.2) is 17.1 Å². The number of nitrogens with one attached hydrogen (secondary N) is 1. The molecule has 0 aliphatic carbocycles. The van der Waals surface area contributed by atoms with Crippen molar-refractivity contribution in [3.05, 3.63) is 60.5 Å². The van der Waals surface area contributed by atoms with Crippen molar-refractivity contribution in [3.63, 3.8) is 0 Å². The lowest BCUT2D eigenvalue weighted by Gasteiger charge is -2.04. The smallest absolute Gasteiger partial charge is 0.138 e. The third-order valence-electron chi connectivity index (χ3n) is 3.08. The fraction of sp³-hybridized carbons (Fsp3) is 0.0625. The van der Waals surface area contributed by atoms with E-state index in [1.54, 1.807) is 19.2 Å². The molecule has 0 saturated carbocycles. The van der Waals surface area contributed by atoms with E-state index >= 15 is 0 Å². The maximum Gasteiger partial charge on any atom is 0.138 e. The summed E-state index contributed by atoms with van der Waals surface area (Å²) in [5.41, 5.74) is 2.55. The third-order valence-corrected chi connectivity index (χ3v) is 3.08. The molecule has 0 unspecified atom stereocenters. The largest absolute Gasteiger partial charge is 0.496 e. The molecule has 3 rings (SSSR count). The van der Waals surface area contributed by atoms with Gasteiger partial charge >= 0.3 is 0 Å². The van der Waals surface area contributed by atoms with Crippen LogP contribution in [0, 0.1) is 5.82 Å². The van der Waals surface area contributed by atoms with E-state index in [1.165, 1.54) is 12.1 Å². The van der Waals surface area contributed by atoms with Crippen molar-refractivity contribution in [1.29, 1.82) is 0 Å². The van der Waals surface area contributed by atoms with Crippen LogP contribution in [0.4, 0.5) is 4.39 Å². The molecular weight excluding hydrogens is 255 g/mol. The highest BCUT2D eigenvalue weighted by Crippen LogP contribution is 2.29. The minimum atomic E-state index is -0.259. The summed E-state index contributed by atoms with van der Waals surface area (Å²) in [6, 6.07) is 13.9. The molecule has 2 aromatic carbocycles. The molecular formula is C16H13FN2O. The number of methoxy groups -OCH3 is 1. The number of hydrogen-bond donors (Lipinski definition) is 1. The molecule has 0 fully saturated rings. The number of halogens is 1. The van der Waals surface area contributed by atoms with E-state index in [1.807, 2.05) is 30.5 Å². The molecule has 3 nitrogen and oxygen atoms in total. The topological polar surface area (TPSA) is 37.9 Å². The van der Waals surface area contributed by atoms with Gasteiger partial charge in [0.2, 0.25) is 0 Å². The zero-order chi connectivity index (χ0) is 13.9. The summed E-state index contributed by atoms with van der Waals surface area (Å²) in [7, 11) is 1.63. The molecule has 0 atom stereocenters. The number of imidazole rings is 1. The van der Waals surface area contributed by atoms with Gasteiger partial charge in [0.05, 0.1) is 12.8 Å². The highest BCUT2D eigenvalue weighted by atomic mass is 19.1. The fourth-order valence-corrected chi connectivity index (χ4v) is 2.07. The Bertz CT molecular complexity index is 719. The quantitative estimate of drug-likeness (QED) is 0.782. The Hall–Kier alpha value is -2.62. The number of aromatic amines is 1. The number of ether oxygens (including phenoxy) is 1. The minimum absolute atomic E-state index is 0.259. The monoisotopic (exact) mass is 268 g/mol. The molecule has 1 heterocycles. The number of aromatic nitrogens is 2. The summed E-state index contributed by atoms with van der Waals surface area (Å²) in [4.78, 5) is 7.63. The highest BCUT2D eigenvalue weighted by Gasteiger charge is 2.09. The molecule has 0 saturated heterocycles. The molecule has 20 heavy (non-hydrogen) atoms. The number of para-hydroxylation sites is 1. The van der Waals surface area contributed by atoms with Crippen LogP contribution in [0.25, 0.3) is 22.6 Å². The highest BCUT2D eigenvalue weighted by molar-refractivity contribution is 5.69. The van der Waals surface area contributed by atoms with Crippen LogP contribution < -0.4 is 4.74 Å².